The third-order valence-corrected chi connectivity index (χ3v) is 1.53. The van der Waals surface area contributed by atoms with Gasteiger partial charge in [0.15, 0.2) is 17.2 Å². The zero-order valence-electron chi connectivity index (χ0n) is 7.41. The molecule has 0 aromatic heterocycles. The Morgan fingerprint density at radius 2 is 1.73 bits per heavy atom. The first-order chi connectivity index (χ1) is 6.91. The van der Waals surface area contributed by atoms with E-state index in [1.807, 2.05) is 0 Å². The van der Waals surface area contributed by atoms with Crippen molar-refractivity contribution in [1.29, 1.82) is 0 Å². The molecule has 0 aliphatic heterocycles. The third-order valence-electron chi connectivity index (χ3n) is 1.53. The zero-order chi connectivity index (χ0) is 11.6. The number of rotatable bonds is 2. The summed E-state index contributed by atoms with van der Waals surface area (Å²) >= 11 is 0. The molecule has 1 aromatic carbocycles. The summed E-state index contributed by atoms with van der Waals surface area (Å²) in [5.74, 6) is -3.17. The first-order valence-electron chi connectivity index (χ1n) is 3.81. The second kappa shape index (κ2) is 4.03. The van der Waals surface area contributed by atoms with E-state index in [2.05, 4.69) is 4.74 Å². The molecule has 0 amide bonds. The molecule has 15 heavy (non-hydrogen) atoms. The molecule has 0 bridgehead atoms. The smallest absolute Gasteiger partial charge is 0.341 e. The number of carbonyl (C=O) groups excluding carboxylic acids is 1. The summed E-state index contributed by atoms with van der Waals surface area (Å²) in [6, 6.07) is 1.72. The van der Waals surface area contributed by atoms with Crippen LogP contribution >= 0.6 is 0 Å². The second-order valence-electron chi connectivity index (χ2n) is 2.66. The summed E-state index contributed by atoms with van der Waals surface area (Å²) in [7, 11) is 0. The maximum atomic E-state index is 11.1. The number of hydrogen-bond acceptors (Lipinski definition) is 7. The SMILES string of the molecule is NC(O)OC(=O)c1cc(O)c(O)c(O)c1. The van der Waals surface area contributed by atoms with E-state index in [-0.39, 0.29) is 5.56 Å². The standard InChI is InChI=1S/C8H9NO6/c9-8(14)15-7(13)3-1-4(10)6(12)5(11)2-3/h1-2,8,10-12,14H,9H2. The van der Waals surface area contributed by atoms with Gasteiger partial charge in [-0.25, -0.2) is 4.79 Å². The van der Waals surface area contributed by atoms with Gasteiger partial charge in [-0.1, -0.05) is 0 Å². The van der Waals surface area contributed by atoms with E-state index in [0.29, 0.717) is 0 Å². The van der Waals surface area contributed by atoms with E-state index in [1.54, 1.807) is 0 Å². The van der Waals surface area contributed by atoms with Crippen molar-refractivity contribution in [2.24, 2.45) is 5.73 Å². The number of esters is 1. The molecule has 0 aliphatic rings. The summed E-state index contributed by atoms with van der Waals surface area (Å²) in [4.78, 5) is 11.1. The fraction of sp³-hybridized carbons (Fsp3) is 0.125. The molecule has 7 nitrogen and oxygen atoms in total. The monoisotopic (exact) mass is 215 g/mol. The number of aliphatic hydroxyl groups excluding tert-OH is 1. The van der Waals surface area contributed by atoms with Gasteiger partial charge in [-0.3, -0.25) is 5.73 Å². The average Bonchev–Trinajstić information content (AvgIpc) is 2.12. The maximum Gasteiger partial charge on any atom is 0.341 e. The van der Waals surface area contributed by atoms with E-state index < -0.39 is 29.6 Å². The minimum absolute atomic E-state index is 0.257. The summed E-state index contributed by atoms with van der Waals surface area (Å²) in [6.07, 6.45) is -1.80. The molecule has 1 atom stereocenters. The van der Waals surface area contributed by atoms with Crippen LogP contribution < -0.4 is 5.73 Å². The number of phenolic OH excluding ortho intramolecular Hbond substituents is 3. The van der Waals surface area contributed by atoms with Crippen LogP contribution in [0.4, 0.5) is 0 Å². The number of hydrogen-bond donors (Lipinski definition) is 5. The Labute approximate surface area is 84.0 Å². The van der Waals surface area contributed by atoms with E-state index >= 15 is 0 Å². The van der Waals surface area contributed by atoms with Crippen molar-refractivity contribution in [3.8, 4) is 17.2 Å². The molecule has 0 fully saturated rings. The topological polar surface area (TPSA) is 133 Å². The molecule has 0 aliphatic carbocycles. The number of ether oxygens (including phenoxy) is 1. The molecule has 1 rings (SSSR count). The summed E-state index contributed by atoms with van der Waals surface area (Å²) < 4.78 is 4.18. The Balaban J connectivity index is 3.01. The van der Waals surface area contributed by atoms with E-state index in [1.165, 1.54) is 0 Å². The molecule has 0 spiro atoms. The van der Waals surface area contributed by atoms with Crippen molar-refractivity contribution in [2.45, 2.75) is 6.41 Å². The van der Waals surface area contributed by atoms with E-state index in [9.17, 15) is 4.79 Å². The third kappa shape index (κ3) is 2.48. The lowest BCUT2D eigenvalue weighted by molar-refractivity contribution is -0.0599. The fourth-order valence-corrected chi connectivity index (χ4v) is 0.900. The van der Waals surface area contributed by atoms with E-state index in [0.717, 1.165) is 12.1 Å². The summed E-state index contributed by atoms with van der Waals surface area (Å²) in [5, 5.41) is 35.6. The van der Waals surface area contributed by atoms with Gasteiger partial charge in [-0.2, -0.15) is 0 Å². The van der Waals surface area contributed by atoms with Crippen LogP contribution in [-0.4, -0.2) is 32.8 Å². The van der Waals surface area contributed by atoms with Crippen LogP contribution in [-0.2, 0) is 4.74 Å². The van der Waals surface area contributed by atoms with Gasteiger partial charge in [0.1, 0.15) is 0 Å². The Kier molecular flexibility index (Phi) is 2.98. The van der Waals surface area contributed by atoms with Gasteiger partial charge in [-0.05, 0) is 12.1 Å². The highest BCUT2D eigenvalue weighted by atomic mass is 16.6. The van der Waals surface area contributed by atoms with Gasteiger partial charge < -0.3 is 25.2 Å². The van der Waals surface area contributed by atoms with Gasteiger partial charge in [-0.15, -0.1) is 0 Å². The number of carbonyl (C=O) groups is 1. The summed E-state index contributed by atoms with van der Waals surface area (Å²) in [6.45, 7) is 0. The highest BCUT2D eigenvalue weighted by Gasteiger charge is 2.15. The normalized spacial score (nSPS) is 12.1. The van der Waals surface area contributed by atoms with Crippen LogP contribution in [0.1, 0.15) is 10.4 Å². The quantitative estimate of drug-likeness (QED) is 0.247. The average molecular weight is 215 g/mol. The molecule has 82 valence electrons. The second-order valence-corrected chi connectivity index (χ2v) is 2.66. The molecule has 0 heterocycles. The first-order valence-corrected chi connectivity index (χ1v) is 3.81. The molecule has 7 heteroatoms. The molecular formula is C8H9NO6. The van der Waals surface area contributed by atoms with Crippen molar-refractivity contribution in [1.82, 2.24) is 0 Å². The Morgan fingerprint density at radius 3 is 2.13 bits per heavy atom. The van der Waals surface area contributed by atoms with Crippen LogP contribution in [0, 0.1) is 0 Å². The van der Waals surface area contributed by atoms with Crippen molar-refractivity contribution >= 4 is 5.97 Å². The predicted molar refractivity (Wildman–Crippen MR) is 47.0 cm³/mol. The van der Waals surface area contributed by atoms with Crippen LogP contribution in [0.3, 0.4) is 0 Å². The fourth-order valence-electron chi connectivity index (χ4n) is 0.900. The molecule has 0 saturated carbocycles. The number of nitrogens with two attached hydrogens (primary N) is 1. The number of benzene rings is 1. The molecular weight excluding hydrogens is 206 g/mol. The van der Waals surface area contributed by atoms with Crippen molar-refractivity contribution in [3.63, 3.8) is 0 Å². The van der Waals surface area contributed by atoms with E-state index in [4.69, 9.17) is 26.2 Å². The number of phenols is 3. The van der Waals surface area contributed by atoms with Crippen molar-refractivity contribution in [3.05, 3.63) is 17.7 Å². The molecule has 0 radical (unpaired) electrons. The van der Waals surface area contributed by atoms with Crippen LogP contribution in [0.5, 0.6) is 17.2 Å². The predicted octanol–water partition coefficient (Wildman–Crippen LogP) is -0.805. The molecule has 1 aromatic rings. The highest BCUT2D eigenvalue weighted by Crippen LogP contribution is 2.35. The van der Waals surface area contributed by atoms with Crippen molar-refractivity contribution < 1.29 is 30.0 Å². The number of aliphatic hydroxyl groups is 1. The highest BCUT2D eigenvalue weighted by molar-refractivity contribution is 5.91. The van der Waals surface area contributed by atoms with Gasteiger partial charge in [0.2, 0.25) is 0 Å². The van der Waals surface area contributed by atoms with Gasteiger partial charge >= 0.3 is 5.97 Å². The molecule has 1 unspecified atom stereocenters. The molecule has 0 saturated heterocycles. The zero-order valence-corrected chi connectivity index (χ0v) is 7.41. The van der Waals surface area contributed by atoms with Gasteiger partial charge in [0.05, 0.1) is 5.56 Å². The molecule has 6 N–H and O–H groups in total. The van der Waals surface area contributed by atoms with Crippen LogP contribution in [0.15, 0.2) is 12.1 Å². The summed E-state index contributed by atoms with van der Waals surface area (Å²) in [5.41, 5.74) is 4.52. The first kappa shape index (κ1) is 11.1. The lowest BCUT2D eigenvalue weighted by Gasteiger charge is -2.08. The minimum atomic E-state index is -1.80. The van der Waals surface area contributed by atoms with Crippen LogP contribution in [0.2, 0.25) is 0 Å². The van der Waals surface area contributed by atoms with Crippen LogP contribution in [0.25, 0.3) is 0 Å². The Hall–Kier alpha value is -1.99. The van der Waals surface area contributed by atoms with Gasteiger partial charge in [0, 0.05) is 0 Å². The lowest BCUT2D eigenvalue weighted by atomic mass is 10.2. The largest absolute Gasteiger partial charge is 0.504 e. The minimum Gasteiger partial charge on any atom is -0.504 e. The maximum absolute atomic E-state index is 11.1. The Morgan fingerprint density at radius 1 is 1.27 bits per heavy atom. The lowest BCUT2D eigenvalue weighted by Crippen LogP contribution is -2.26. The number of aromatic hydroxyl groups is 3. The Bertz CT molecular complexity index is 366. The van der Waals surface area contributed by atoms with Gasteiger partial charge in [0.25, 0.3) is 6.41 Å². The van der Waals surface area contributed by atoms with Crippen molar-refractivity contribution in [2.75, 3.05) is 0 Å².